The standard InChI is InChI=1S/C18H27N3O2/c1-6-21(17(22)19-18(3,4)5)12-15-11-16(20-23-15)14-9-7-13(2)8-10-14/h7-10,15H,6,11-12H2,1-5H3,(H,19,22). The molecule has 1 heterocycles. The minimum atomic E-state index is -0.245. The number of benzene rings is 1. The molecule has 1 aliphatic heterocycles. The Balaban J connectivity index is 1.92. The number of rotatable bonds is 4. The Labute approximate surface area is 138 Å². The molecular formula is C18H27N3O2. The molecule has 0 saturated heterocycles. The first-order valence-corrected chi connectivity index (χ1v) is 8.15. The number of amides is 2. The second-order valence-corrected chi connectivity index (χ2v) is 7.05. The highest BCUT2D eigenvalue weighted by Gasteiger charge is 2.27. The van der Waals surface area contributed by atoms with E-state index in [-0.39, 0.29) is 17.7 Å². The number of hydrogen-bond acceptors (Lipinski definition) is 3. The number of hydrogen-bond donors (Lipinski definition) is 1. The minimum Gasteiger partial charge on any atom is -0.390 e. The van der Waals surface area contributed by atoms with Crippen molar-refractivity contribution in [2.45, 2.75) is 52.7 Å². The normalized spacial score (nSPS) is 17.4. The number of carbonyl (C=O) groups excluding carboxylic acids is 1. The molecule has 0 fully saturated rings. The Morgan fingerprint density at radius 2 is 2.00 bits per heavy atom. The highest BCUT2D eigenvalue weighted by Crippen LogP contribution is 2.18. The largest absolute Gasteiger partial charge is 0.390 e. The van der Waals surface area contributed by atoms with E-state index in [0.29, 0.717) is 13.1 Å². The summed E-state index contributed by atoms with van der Waals surface area (Å²) in [7, 11) is 0. The first kappa shape index (κ1) is 17.3. The van der Waals surface area contributed by atoms with Gasteiger partial charge in [-0.05, 0) is 40.2 Å². The number of nitrogens with zero attached hydrogens (tertiary/aromatic N) is 2. The SMILES string of the molecule is CCN(CC1CC(c2ccc(C)cc2)=NO1)C(=O)NC(C)(C)C. The van der Waals surface area contributed by atoms with Gasteiger partial charge in [0.2, 0.25) is 0 Å². The van der Waals surface area contributed by atoms with Crippen molar-refractivity contribution < 1.29 is 9.63 Å². The van der Waals surface area contributed by atoms with Crippen molar-refractivity contribution in [1.29, 1.82) is 0 Å². The van der Waals surface area contributed by atoms with E-state index in [1.807, 2.05) is 27.7 Å². The van der Waals surface area contributed by atoms with Crippen LogP contribution >= 0.6 is 0 Å². The molecule has 5 heteroatoms. The van der Waals surface area contributed by atoms with Crippen LogP contribution < -0.4 is 5.32 Å². The summed E-state index contributed by atoms with van der Waals surface area (Å²) in [5, 5.41) is 7.18. The van der Waals surface area contributed by atoms with Gasteiger partial charge in [0.15, 0.2) is 6.10 Å². The second kappa shape index (κ2) is 7.02. The number of oxime groups is 1. The van der Waals surface area contributed by atoms with Gasteiger partial charge in [-0.15, -0.1) is 0 Å². The smallest absolute Gasteiger partial charge is 0.317 e. The number of carbonyl (C=O) groups is 1. The fourth-order valence-electron chi connectivity index (χ4n) is 2.44. The Bertz CT molecular complexity index is 573. The third kappa shape index (κ3) is 4.98. The highest BCUT2D eigenvalue weighted by molar-refractivity contribution is 6.01. The molecule has 1 N–H and O–H groups in total. The summed E-state index contributed by atoms with van der Waals surface area (Å²) >= 11 is 0. The lowest BCUT2D eigenvalue weighted by atomic mass is 10.0. The lowest BCUT2D eigenvalue weighted by molar-refractivity contribution is 0.0608. The van der Waals surface area contributed by atoms with Crippen LogP contribution in [0.2, 0.25) is 0 Å². The molecule has 0 aromatic heterocycles. The van der Waals surface area contributed by atoms with E-state index < -0.39 is 0 Å². The molecule has 1 unspecified atom stereocenters. The summed E-state index contributed by atoms with van der Waals surface area (Å²) < 4.78 is 0. The molecule has 0 aliphatic carbocycles. The van der Waals surface area contributed by atoms with E-state index in [0.717, 1.165) is 17.7 Å². The van der Waals surface area contributed by atoms with E-state index in [1.54, 1.807) is 4.90 Å². The third-order valence-corrected chi connectivity index (χ3v) is 3.69. The van der Waals surface area contributed by atoms with Gasteiger partial charge in [-0.1, -0.05) is 35.0 Å². The quantitative estimate of drug-likeness (QED) is 0.926. The average Bonchev–Trinajstić information content (AvgIpc) is 2.92. The molecule has 2 amide bonds. The maximum atomic E-state index is 12.3. The summed E-state index contributed by atoms with van der Waals surface area (Å²) in [4.78, 5) is 19.6. The fourth-order valence-corrected chi connectivity index (χ4v) is 2.44. The van der Waals surface area contributed by atoms with E-state index in [9.17, 15) is 4.79 Å². The van der Waals surface area contributed by atoms with Crippen LogP contribution in [-0.4, -0.2) is 41.4 Å². The van der Waals surface area contributed by atoms with Gasteiger partial charge in [0.1, 0.15) is 0 Å². The van der Waals surface area contributed by atoms with Crippen LogP contribution in [-0.2, 0) is 4.84 Å². The molecule has 1 atom stereocenters. The average molecular weight is 317 g/mol. The summed E-state index contributed by atoms with van der Waals surface area (Å²) in [6, 6.07) is 8.20. The zero-order chi connectivity index (χ0) is 17.0. The van der Waals surface area contributed by atoms with Gasteiger partial charge >= 0.3 is 6.03 Å². The third-order valence-electron chi connectivity index (χ3n) is 3.69. The van der Waals surface area contributed by atoms with Crippen molar-refractivity contribution in [2.24, 2.45) is 5.16 Å². The van der Waals surface area contributed by atoms with Crippen LogP contribution in [0.5, 0.6) is 0 Å². The Morgan fingerprint density at radius 1 is 1.35 bits per heavy atom. The molecule has 1 aromatic rings. The van der Waals surface area contributed by atoms with Gasteiger partial charge in [0, 0.05) is 18.5 Å². The van der Waals surface area contributed by atoms with Crippen molar-refractivity contribution in [3.63, 3.8) is 0 Å². The summed E-state index contributed by atoms with van der Waals surface area (Å²) in [6.07, 6.45) is 0.638. The van der Waals surface area contributed by atoms with Crippen molar-refractivity contribution >= 4 is 11.7 Å². The van der Waals surface area contributed by atoms with Crippen molar-refractivity contribution in [3.8, 4) is 0 Å². The maximum Gasteiger partial charge on any atom is 0.317 e. The van der Waals surface area contributed by atoms with Gasteiger partial charge in [-0.2, -0.15) is 0 Å². The number of aryl methyl sites for hydroxylation is 1. The Hall–Kier alpha value is -2.04. The second-order valence-electron chi connectivity index (χ2n) is 7.05. The predicted molar refractivity (Wildman–Crippen MR) is 92.7 cm³/mol. The predicted octanol–water partition coefficient (Wildman–Crippen LogP) is 3.32. The van der Waals surface area contributed by atoms with Gasteiger partial charge in [-0.25, -0.2) is 4.79 Å². The Kier molecular flexibility index (Phi) is 5.29. The topological polar surface area (TPSA) is 53.9 Å². The fraction of sp³-hybridized carbons (Fsp3) is 0.556. The summed E-state index contributed by atoms with van der Waals surface area (Å²) in [5.41, 5.74) is 3.01. The molecule has 0 bridgehead atoms. The number of likely N-dealkylation sites (N-methyl/N-ethyl adjacent to an activating group) is 1. The van der Waals surface area contributed by atoms with Gasteiger partial charge in [0.25, 0.3) is 0 Å². The van der Waals surface area contributed by atoms with E-state index >= 15 is 0 Å². The first-order valence-electron chi connectivity index (χ1n) is 8.15. The van der Waals surface area contributed by atoms with Crippen LogP contribution in [0.1, 0.15) is 45.2 Å². The molecule has 126 valence electrons. The van der Waals surface area contributed by atoms with Crippen LogP contribution in [0.25, 0.3) is 0 Å². The van der Waals surface area contributed by atoms with Crippen LogP contribution in [0, 0.1) is 6.92 Å². The summed E-state index contributed by atoms with van der Waals surface area (Å²) in [6.45, 7) is 11.1. The van der Waals surface area contributed by atoms with Crippen LogP contribution in [0.3, 0.4) is 0 Å². The molecule has 2 rings (SSSR count). The van der Waals surface area contributed by atoms with Crippen molar-refractivity contribution in [2.75, 3.05) is 13.1 Å². The molecule has 1 aliphatic rings. The van der Waals surface area contributed by atoms with E-state index in [1.165, 1.54) is 5.56 Å². The van der Waals surface area contributed by atoms with Crippen LogP contribution in [0.4, 0.5) is 4.79 Å². The maximum absolute atomic E-state index is 12.3. The summed E-state index contributed by atoms with van der Waals surface area (Å²) in [5.74, 6) is 0. The molecule has 23 heavy (non-hydrogen) atoms. The zero-order valence-corrected chi connectivity index (χ0v) is 14.7. The van der Waals surface area contributed by atoms with Gasteiger partial charge in [0.05, 0.1) is 12.3 Å². The first-order chi connectivity index (χ1) is 10.8. The molecule has 5 nitrogen and oxygen atoms in total. The molecule has 1 aromatic carbocycles. The van der Waals surface area contributed by atoms with Gasteiger partial charge in [-0.3, -0.25) is 0 Å². The van der Waals surface area contributed by atoms with E-state index in [2.05, 4.69) is 41.7 Å². The molecule has 0 radical (unpaired) electrons. The van der Waals surface area contributed by atoms with Crippen molar-refractivity contribution in [3.05, 3.63) is 35.4 Å². The highest BCUT2D eigenvalue weighted by atomic mass is 16.6. The molecular weight excluding hydrogens is 290 g/mol. The van der Waals surface area contributed by atoms with Crippen LogP contribution in [0.15, 0.2) is 29.4 Å². The molecule has 0 saturated carbocycles. The molecule has 0 spiro atoms. The zero-order valence-electron chi connectivity index (χ0n) is 14.7. The minimum absolute atomic E-state index is 0.0626. The lowest BCUT2D eigenvalue weighted by Crippen LogP contribution is -2.50. The Morgan fingerprint density at radius 3 is 2.57 bits per heavy atom. The number of urea groups is 1. The van der Waals surface area contributed by atoms with Crippen molar-refractivity contribution in [1.82, 2.24) is 10.2 Å². The number of nitrogens with one attached hydrogen (secondary N) is 1. The monoisotopic (exact) mass is 317 g/mol. The van der Waals surface area contributed by atoms with E-state index in [4.69, 9.17) is 4.84 Å². The lowest BCUT2D eigenvalue weighted by Gasteiger charge is -2.28. The van der Waals surface area contributed by atoms with Gasteiger partial charge < -0.3 is 15.1 Å².